The Hall–Kier alpha value is 0.260. The smallest absolute Gasteiger partial charge is 0.0369 e. The summed E-state index contributed by atoms with van der Waals surface area (Å²) < 4.78 is 0. The van der Waals surface area contributed by atoms with Gasteiger partial charge < -0.3 is 0 Å². The number of hydrogen-bond acceptors (Lipinski definition) is 1. The molecule has 0 N–H and O–H groups in total. The van der Waals surface area contributed by atoms with Crippen molar-refractivity contribution in [3.8, 4) is 0 Å². The Kier molecular flexibility index (Phi) is 1.33. The van der Waals surface area contributed by atoms with Gasteiger partial charge in [-0.1, -0.05) is 0 Å². The Bertz CT molecular complexity index is 95.7. The predicted molar refractivity (Wildman–Crippen MR) is 32.9 cm³/mol. The second-order valence-electron chi connectivity index (χ2n) is 1.31. The Labute approximate surface area is 43.7 Å². The molecule has 0 saturated carbocycles. The van der Waals surface area contributed by atoms with Crippen LogP contribution >= 0.6 is 6.70 Å². The fraction of sp³-hybridized carbons (Fsp3) is 0.500. The molecule has 0 spiro atoms. The van der Waals surface area contributed by atoms with E-state index in [0.29, 0.717) is 0 Å². The molecule has 1 atom stereocenters. The Morgan fingerprint density at radius 1 is 1.67 bits per heavy atom. The van der Waals surface area contributed by atoms with E-state index in [2.05, 4.69) is 11.9 Å². The molecule has 0 radical (unpaired) electrons. The lowest BCUT2D eigenvalue weighted by Gasteiger charge is -1.61. The molecule has 0 aromatic carbocycles. The summed E-state index contributed by atoms with van der Waals surface area (Å²) in [6, 6.07) is 0. The van der Waals surface area contributed by atoms with Crippen LogP contribution in [0.25, 0.3) is 0 Å². The zero-order chi connectivity index (χ0) is 4.41. The lowest BCUT2D eigenvalue weighted by molar-refractivity contribution is 1.27. The van der Waals surface area contributed by atoms with Gasteiger partial charge in [0.25, 0.3) is 0 Å². The first kappa shape index (κ1) is 4.42. The summed E-state index contributed by atoms with van der Waals surface area (Å²) in [7, 11) is 0. The quantitative estimate of drug-likeness (QED) is 0.436. The molecular weight excluding hydrogens is 111 g/mol. The van der Waals surface area contributed by atoms with Gasteiger partial charge in [-0.2, -0.15) is 0 Å². The Balaban J connectivity index is 2.59. The second-order valence-corrected chi connectivity index (χ2v) is 4.30. The fourth-order valence-electron chi connectivity index (χ4n) is 0.468. The topological polar surface area (TPSA) is 0 Å². The van der Waals surface area contributed by atoms with Gasteiger partial charge in [0.15, 0.2) is 11.8 Å². The average Bonchev–Trinajstić information content (AvgIpc) is 1.86. The highest BCUT2D eigenvalue weighted by Crippen LogP contribution is 2.29. The summed E-state index contributed by atoms with van der Waals surface area (Å²) in [6.45, 7) is -0.0622. The molecule has 0 saturated heterocycles. The molecule has 6 heavy (non-hydrogen) atoms. The lowest BCUT2D eigenvalue weighted by Crippen LogP contribution is -1.57. The van der Waals surface area contributed by atoms with Gasteiger partial charge >= 0.3 is 0 Å². The van der Waals surface area contributed by atoms with Gasteiger partial charge in [-0.15, -0.1) is 0 Å². The Morgan fingerprint density at radius 3 is 2.67 bits per heavy atom. The zero-order valence-electron chi connectivity index (χ0n) is 3.42. The number of rotatable bonds is 0. The minimum absolute atomic E-state index is 0.0622. The van der Waals surface area contributed by atoms with Gasteiger partial charge in [0.2, 0.25) is 6.70 Å². The van der Waals surface area contributed by atoms with E-state index in [1.54, 1.807) is 0 Å². The van der Waals surface area contributed by atoms with Crippen LogP contribution in [0, 0.1) is 0 Å². The van der Waals surface area contributed by atoms with Gasteiger partial charge in [0.05, 0.1) is 0 Å². The van der Waals surface area contributed by atoms with Gasteiger partial charge in [-0.05, 0) is 6.08 Å². The third-order valence-electron chi connectivity index (χ3n) is 0.788. The highest BCUT2D eigenvalue weighted by molar-refractivity contribution is 8.06. The first-order chi connectivity index (χ1) is 2.89. The van der Waals surface area contributed by atoms with E-state index in [0.717, 1.165) is 0 Å². The molecule has 0 bridgehead atoms. The van der Waals surface area contributed by atoms with Crippen molar-refractivity contribution in [2.24, 2.45) is 0 Å². The molecule has 1 rings (SSSR count). The van der Waals surface area contributed by atoms with Crippen LogP contribution in [-0.4, -0.2) is 6.16 Å². The van der Waals surface area contributed by atoms with Crippen LogP contribution < -0.4 is 0 Å². The third-order valence-corrected chi connectivity index (χ3v) is 2.94. The number of allylic oxidation sites excluding steroid dienone is 1. The standard InChI is InChI=1S/C4H6PS/c6-5-3-1-2-4-5/h1,3H,2,4H2/q+1. The molecule has 0 aliphatic carbocycles. The molecular formula is C4H6PS+. The van der Waals surface area contributed by atoms with Crippen LogP contribution in [-0.2, 0) is 11.8 Å². The first-order valence-electron chi connectivity index (χ1n) is 2.00. The van der Waals surface area contributed by atoms with Crippen LogP contribution in [0.3, 0.4) is 0 Å². The molecule has 0 amide bonds. The molecule has 0 nitrogen and oxygen atoms in total. The minimum atomic E-state index is -0.0622. The highest BCUT2D eigenvalue weighted by atomic mass is 32.4. The van der Waals surface area contributed by atoms with E-state index in [4.69, 9.17) is 11.8 Å². The van der Waals surface area contributed by atoms with Crippen LogP contribution in [0.15, 0.2) is 11.9 Å². The SMILES string of the molecule is S=[P+]1C=CCC1. The van der Waals surface area contributed by atoms with Crippen LogP contribution in [0.4, 0.5) is 0 Å². The van der Waals surface area contributed by atoms with Crippen molar-refractivity contribution in [1.82, 2.24) is 0 Å². The van der Waals surface area contributed by atoms with Crippen molar-refractivity contribution in [3.63, 3.8) is 0 Å². The van der Waals surface area contributed by atoms with Gasteiger partial charge in [0, 0.05) is 6.42 Å². The van der Waals surface area contributed by atoms with Crippen LogP contribution in [0.2, 0.25) is 0 Å². The maximum atomic E-state index is 4.98. The summed E-state index contributed by atoms with van der Waals surface area (Å²) in [5.74, 6) is 2.16. The van der Waals surface area contributed by atoms with Gasteiger partial charge in [-0.3, -0.25) is 0 Å². The van der Waals surface area contributed by atoms with Gasteiger partial charge in [0.1, 0.15) is 12.0 Å². The van der Waals surface area contributed by atoms with Crippen molar-refractivity contribution in [3.05, 3.63) is 11.9 Å². The first-order valence-corrected chi connectivity index (χ1v) is 4.61. The van der Waals surface area contributed by atoms with E-state index in [1.807, 2.05) is 0 Å². The summed E-state index contributed by atoms with van der Waals surface area (Å²) in [5.41, 5.74) is 0. The molecule has 0 aromatic heterocycles. The summed E-state index contributed by atoms with van der Waals surface area (Å²) in [5, 5.41) is 0. The summed E-state index contributed by atoms with van der Waals surface area (Å²) in [4.78, 5) is 0. The van der Waals surface area contributed by atoms with Crippen molar-refractivity contribution in [1.29, 1.82) is 0 Å². The van der Waals surface area contributed by atoms with E-state index in [-0.39, 0.29) is 6.70 Å². The molecule has 32 valence electrons. The average molecular weight is 117 g/mol. The lowest BCUT2D eigenvalue weighted by atomic mass is 10.5. The maximum absolute atomic E-state index is 4.98. The normalized spacial score (nSPS) is 25.7. The van der Waals surface area contributed by atoms with Crippen molar-refractivity contribution in [2.45, 2.75) is 6.42 Å². The summed E-state index contributed by atoms with van der Waals surface area (Å²) >= 11 is 4.98. The van der Waals surface area contributed by atoms with Crippen molar-refractivity contribution in [2.75, 3.05) is 6.16 Å². The molecule has 1 heterocycles. The molecule has 1 aliphatic heterocycles. The van der Waals surface area contributed by atoms with Crippen molar-refractivity contribution >= 4 is 18.5 Å². The fourth-order valence-corrected chi connectivity index (χ4v) is 1.98. The van der Waals surface area contributed by atoms with Crippen molar-refractivity contribution < 1.29 is 0 Å². The predicted octanol–water partition coefficient (Wildman–Crippen LogP) is 1.85. The molecule has 1 aliphatic rings. The second kappa shape index (κ2) is 1.81. The van der Waals surface area contributed by atoms with E-state index in [1.165, 1.54) is 12.6 Å². The third kappa shape index (κ3) is 0.859. The van der Waals surface area contributed by atoms with Gasteiger partial charge in [-0.25, -0.2) is 0 Å². The minimum Gasteiger partial charge on any atom is -0.0369 e. The molecule has 2 heteroatoms. The van der Waals surface area contributed by atoms with Crippen LogP contribution in [0.1, 0.15) is 6.42 Å². The Morgan fingerprint density at radius 2 is 2.50 bits per heavy atom. The molecule has 0 aromatic rings. The maximum Gasteiger partial charge on any atom is 0.204 e. The van der Waals surface area contributed by atoms with E-state index >= 15 is 0 Å². The zero-order valence-corrected chi connectivity index (χ0v) is 5.14. The number of hydrogen-bond donors (Lipinski definition) is 0. The monoisotopic (exact) mass is 117 g/mol. The highest BCUT2D eigenvalue weighted by Gasteiger charge is 2.07. The molecule has 0 fully saturated rings. The van der Waals surface area contributed by atoms with Crippen LogP contribution in [0.5, 0.6) is 0 Å². The van der Waals surface area contributed by atoms with E-state index < -0.39 is 0 Å². The molecule has 1 unspecified atom stereocenters. The largest absolute Gasteiger partial charge is 0.204 e. The van der Waals surface area contributed by atoms with E-state index in [9.17, 15) is 0 Å². The summed E-state index contributed by atoms with van der Waals surface area (Å²) in [6.07, 6.45) is 4.67.